The predicted molar refractivity (Wildman–Crippen MR) is 173 cm³/mol. The van der Waals surface area contributed by atoms with Crippen LogP contribution >= 0.6 is 0 Å². The van der Waals surface area contributed by atoms with E-state index in [0.29, 0.717) is 63.0 Å². The maximum atomic E-state index is 13.9. The molecule has 2 aliphatic heterocycles. The van der Waals surface area contributed by atoms with Crippen molar-refractivity contribution in [2.24, 2.45) is 10.8 Å². The Morgan fingerprint density at radius 2 is 1.73 bits per heavy atom. The topological polar surface area (TPSA) is 120 Å². The summed E-state index contributed by atoms with van der Waals surface area (Å²) < 4.78 is 0. The van der Waals surface area contributed by atoms with Gasteiger partial charge in [0, 0.05) is 30.3 Å². The number of hydrazone groups is 1. The third-order valence-electron chi connectivity index (χ3n) is 8.37. The molecule has 0 unspecified atom stereocenters. The molecule has 2 heterocycles. The Hall–Kier alpha value is -4.34. The largest absolute Gasteiger partial charge is 0.340 e. The molecule has 9 heteroatoms. The Kier molecular flexibility index (Phi) is 10.2. The molecule has 0 aliphatic carbocycles. The Morgan fingerprint density at radius 1 is 1.05 bits per heavy atom. The fourth-order valence-electron chi connectivity index (χ4n) is 6.03. The first-order valence-corrected chi connectivity index (χ1v) is 15.5. The number of carbonyl (C=O) groups is 3. The van der Waals surface area contributed by atoms with E-state index in [9.17, 15) is 14.4 Å². The van der Waals surface area contributed by atoms with Gasteiger partial charge in [-0.15, -0.1) is 0 Å². The zero-order valence-electron chi connectivity index (χ0n) is 25.5. The SMILES string of the molecule is CCc1cc(C(=O)N[C@H]2CCN(CC(c3ccccc3)c3ccccc3)C(=O)[C@H](CCCN)N2)ccc1N1N=C(C)CC1=O. The lowest BCUT2D eigenvalue weighted by molar-refractivity contribution is -0.133. The lowest BCUT2D eigenvalue weighted by Gasteiger charge is -2.29. The normalized spacial score (nSPS) is 18.9. The maximum absolute atomic E-state index is 13.9. The number of benzene rings is 3. The lowest BCUT2D eigenvalue weighted by Crippen LogP contribution is -2.51. The molecule has 0 saturated carbocycles. The molecular weight excluding hydrogens is 552 g/mol. The van der Waals surface area contributed by atoms with Crippen LogP contribution in [0.15, 0.2) is 84.0 Å². The van der Waals surface area contributed by atoms with E-state index in [0.717, 1.165) is 22.4 Å². The minimum Gasteiger partial charge on any atom is -0.340 e. The van der Waals surface area contributed by atoms with Crippen molar-refractivity contribution in [3.63, 3.8) is 0 Å². The van der Waals surface area contributed by atoms with Crippen LogP contribution in [0.4, 0.5) is 5.69 Å². The van der Waals surface area contributed by atoms with E-state index in [4.69, 9.17) is 5.73 Å². The van der Waals surface area contributed by atoms with Crippen LogP contribution in [0, 0.1) is 0 Å². The molecule has 4 N–H and O–H groups in total. The molecule has 0 bridgehead atoms. The van der Waals surface area contributed by atoms with Crippen molar-refractivity contribution < 1.29 is 14.4 Å². The molecule has 2 aliphatic rings. The van der Waals surface area contributed by atoms with Crippen LogP contribution in [-0.4, -0.2) is 60.2 Å². The van der Waals surface area contributed by atoms with Crippen molar-refractivity contribution in [2.75, 3.05) is 24.6 Å². The first-order chi connectivity index (χ1) is 21.4. The van der Waals surface area contributed by atoms with Gasteiger partial charge in [0.15, 0.2) is 0 Å². The van der Waals surface area contributed by atoms with Gasteiger partial charge in [-0.1, -0.05) is 67.6 Å². The molecule has 3 aromatic carbocycles. The van der Waals surface area contributed by atoms with Gasteiger partial charge in [0.05, 0.1) is 24.3 Å². The number of amides is 3. The smallest absolute Gasteiger partial charge is 0.253 e. The average molecular weight is 595 g/mol. The van der Waals surface area contributed by atoms with Gasteiger partial charge in [0.25, 0.3) is 11.8 Å². The molecule has 0 aromatic heterocycles. The Bertz CT molecular complexity index is 1450. The highest BCUT2D eigenvalue weighted by Gasteiger charge is 2.33. The zero-order chi connectivity index (χ0) is 31.1. The maximum Gasteiger partial charge on any atom is 0.253 e. The summed E-state index contributed by atoms with van der Waals surface area (Å²) in [5.41, 5.74) is 11.0. The second-order valence-electron chi connectivity index (χ2n) is 11.5. The molecular formula is C35H42N6O3. The highest BCUT2D eigenvalue weighted by molar-refractivity contribution is 6.12. The standard InChI is InChI=1S/C35H42N6O3/c1-3-25-22-28(16-17-31(25)41-33(42)21-24(2)39-41)34(43)38-32-18-20-40(35(44)30(37-32)15-10-19-36)23-29(26-11-6-4-7-12-26)27-13-8-5-9-14-27/h4-9,11-14,16-17,22,29-30,32,37H,3,10,15,18-21,23,36H2,1-2H3,(H,38,43)/t30-,32-/m0/s1. The highest BCUT2D eigenvalue weighted by atomic mass is 16.2. The van der Waals surface area contributed by atoms with Gasteiger partial charge in [0.2, 0.25) is 5.91 Å². The average Bonchev–Trinajstić information content (AvgIpc) is 3.32. The summed E-state index contributed by atoms with van der Waals surface area (Å²) in [5, 5.41) is 12.4. The zero-order valence-corrected chi connectivity index (χ0v) is 25.5. The van der Waals surface area contributed by atoms with Crippen LogP contribution in [0.25, 0.3) is 0 Å². The summed E-state index contributed by atoms with van der Waals surface area (Å²) in [6.07, 6.45) is 2.38. The van der Waals surface area contributed by atoms with E-state index in [1.54, 1.807) is 12.1 Å². The van der Waals surface area contributed by atoms with Crippen molar-refractivity contribution in [3.8, 4) is 0 Å². The van der Waals surface area contributed by atoms with Gasteiger partial charge >= 0.3 is 0 Å². The Balaban J connectivity index is 1.34. The molecule has 2 atom stereocenters. The molecule has 3 aromatic rings. The molecule has 0 spiro atoms. The molecule has 0 radical (unpaired) electrons. The number of nitrogens with two attached hydrogens (primary N) is 1. The summed E-state index contributed by atoms with van der Waals surface area (Å²) in [5.74, 6) is -0.266. The lowest BCUT2D eigenvalue weighted by atomic mass is 9.90. The molecule has 1 saturated heterocycles. The van der Waals surface area contributed by atoms with Gasteiger partial charge in [-0.25, -0.2) is 5.01 Å². The minimum atomic E-state index is -0.464. The second-order valence-corrected chi connectivity index (χ2v) is 11.5. The third-order valence-corrected chi connectivity index (χ3v) is 8.37. The van der Waals surface area contributed by atoms with Gasteiger partial charge in [-0.2, -0.15) is 5.10 Å². The van der Waals surface area contributed by atoms with E-state index in [1.165, 1.54) is 5.01 Å². The van der Waals surface area contributed by atoms with Gasteiger partial charge in [-0.05, 0) is 74.0 Å². The number of aryl methyl sites for hydroxylation is 1. The minimum absolute atomic E-state index is 0.0178. The van der Waals surface area contributed by atoms with Crippen molar-refractivity contribution in [2.45, 2.75) is 64.1 Å². The van der Waals surface area contributed by atoms with E-state index in [-0.39, 0.29) is 23.6 Å². The summed E-state index contributed by atoms with van der Waals surface area (Å²) in [4.78, 5) is 41.8. The molecule has 1 fully saturated rings. The van der Waals surface area contributed by atoms with Crippen molar-refractivity contribution in [3.05, 3.63) is 101 Å². The number of anilines is 1. The van der Waals surface area contributed by atoms with Crippen molar-refractivity contribution >= 4 is 29.1 Å². The van der Waals surface area contributed by atoms with Gasteiger partial charge in [-0.3, -0.25) is 19.7 Å². The van der Waals surface area contributed by atoms with Crippen LogP contribution in [0.3, 0.4) is 0 Å². The van der Waals surface area contributed by atoms with Crippen LogP contribution in [0.2, 0.25) is 0 Å². The van der Waals surface area contributed by atoms with E-state index < -0.39 is 12.2 Å². The summed E-state index contributed by atoms with van der Waals surface area (Å²) >= 11 is 0. The van der Waals surface area contributed by atoms with Gasteiger partial charge in [0.1, 0.15) is 0 Å². The number of nitrogens with zero attached hydrogens (tertiary/aromatic N) is 3. The monoisotopic (exact) mass is 594 g/mol. The van der Waals surface area contributed by atoms with Crippen LogP contribution in [0.5, 0.6) is 0 Å². The fraction of sp³-hybridized carbons (Fsp3) is 0.371. The summed E-state index contributed by atoms with van der Waals surface area (Å²) in [6, 6.07) is 25.4. The summed E-state index contributed by atoms with van der Waals surface area (Å²) in [6.45, 7) is 5.34. The number of hydrogen-bond acceptors (Lipinski definition) is 6. The van der Waals surface area contributed by atoms with E-state index in [1.807, 2.05) is 61.2 Å². The molecule has 5 rings (SSSR count). The second kappa shape index (κ2) is 14.4. The Labute approximate surface area is 259 Å². The first kappa shape index (κ1) is 31.1. The number of hydrogen-bond donors (Lipinski definition) is 3. The molecule has 44 heavy (non-hydrogen) atoms. The Morgan fingerprint density at radius 3 is 2.32 bits per heavy atom. The third kappa shape index (κ3) is 7.23. The van der Waals surface area contributed by atoms with Crippen LogP contribution < -0.4 is 21.4 Å². The van der Waals surface area contributed by atoms with Crippen LogP contribution in [0.1, 0.15) is 72.5 Å². The van der Waals surface area contributed by atoms with Crippen molar-refractivity contribution in [1.29, 1.82) is 0 Å². The van der Waals surface area contributed by atoms with Gasteiger partial charge < -0.3 is 16.0 Å². The molecule has 3 amide bonds. The number of nitrogens with one attached hydrogen (secondary N) is 2. The van der Waals surface area contributed by atoms with Crippen LogP contribution in [-0.2, 0) is 16.0 Å². The predicted octanol–water partition coefficient (Wildman–Crippen LogP) is 4.18. The first-order valence-electron chi connectivity index (χ1n) is 15.5. The summed E-state index contributed by atoms with van der Waals surface area (Å²) in [7, 11) is 0. The van der Waals surface area contributed by atoms with E-state index in [2.05, 4.69) is 40.0 Å². The highest BCUT2D eigenvalue weighted by Crippen LogP contribution is 2.28. The molecule has 230 valence electrons. The fourth-order valence-corrected chi connectivity index (χ4v) is 6.03. The molecule has 9 nitrogen and oxygen atoms in total. The number of rotatable bonds is 11. The number of carbonyl (C=O) groups excluding carboxylic acids is 3. The quantitative estimate of drug-likeness (QED) is 0.308. The van der Waals surface area contributed by atoms with E-state index >= 15 is 0 Å². The van der Waals surface area contributed by atoms with Crippen molar-refractivity contribution in [1.82, 2.24) is 15.5 Å².